The van der Waals surface area contributed by atoms with Crippen LogP contribution in [0.15, 0.2) is 28.7 Å². The van der Waals surface area contributed by atoms with Crippen molar-refractivity contribution in [2.45, 2.75) is 25.6 Å². The molecular weight excluding hydrogens is 299 g/mol. The topological polar surface area (TPSA) is 29.1 Å². The first-order chi connectivity index (χ1) is 7.78. The van der Waals surface area contributed by atoms with Gasteiger partial charge in [-0.15, -0.1) is 0 Å². The zero-order valence-electron chi connectivity index (χ0n) is 9.01. The molecule has 0 spiro atoms. The highest BCUT2D eigenvalue weighted by Crippen LogP contribution is 2.30. The third-order valence-electron chi connectivity index (χ3n) is 2.09. The van der Waals surface area contributed by atoms with Crippen LogP contribution in [-0.2, 0) is 4.79 Å². The van der Waals surface area contributed by atoms with Gasteiger partial charge in [-0.2, -0.15) is 13.2 Å². The summed E-state index contributed by atoms with van der Waals surface area (Å²) in [5, 5.41) is 2.30. The Kier molecular flexibility index (Phi) is 4.56. The van der Waals surface area contributed by atoms with E-state index in [0.717, 1.165) is 4.47 Å². The number of halogens is 4. The monoisotopic (exact) mass is 309 g/mol. The third-order valence-corrected chi connectivity index (χ3v) is 2.61. The minimum Gasteiger partial charge on any atom is -0.349 e. The quantitative estimate of drug-likeness (QED) is 0.908. The van der Waals surface area contributed by atoms with Crippen LogP contribution in [0.25, 0.3) is 0 Å². The maximum atomic E-state index is 12.4. The number of hydrogen-bond acceptors (Lipinski definition) is 1. The van der Waals surface area contributed by atoms with Gasteiger partial charge in [-0.05, 0) is 17.7 Å². The molecule has 0 bridgehead atoms. The average molecular weight is 310 g/mol. The summed E-state index contributed by atoms with van der Waals surface area (Å²) < 4.78 is 37.9. The normalized spacial score (nSPS) is 13.2. The summed E-state index contributed by atoms with van der Waals surface area (Å²) in [6.45, 7) is 1.20. The van der Waals surface area contributed by atoms with E-state index in [0.29, 0.717) is 5.56 Å². The van der Waals surface area contributed by atoms with Crippen LogP contribution in [0.1, 0.15) is 24.9 Å². The van der Waals surface area contributed by atoms with Gasteiger partial charge in [0, 0.05) is 11.4 Å². The summed E-state index contributed by atoms with van der Waals surface area (Å²) >= 11 is 3.20. The van der Waals surface area contributed by atoms with Crippen LogP contribution in [-0.4, -0.2) is 12.1 Å². The number of amides is 1. The van der Waals surface area contributed by atoms with E-state index < -0.39 is 24.5 Å². The first kappa shape index (κ1) is 14.0. The Morgan fingerprint density at radius 2 is 1.88 bits per heavy atom. The number of nitrogens with one attached hydrogen (secondary N) is 1. The van der Waals surface area contributed by atoms with Crippen LogP contribution in [0, 0.1) is 0 Å². The Labute approximate surface area is 105 Å². The number of benzene rings is 1. The van der Waals surface area contributed by atoms with Gasteiger partial charge >= 0.3 is 6.18 Å². The first-order valence-corrected chi connectivity index (χ1v) is 5.66. The number of carbonyl (C=O) groups is 1. The minimum atomic E-state index is -4.32. The summed E-state index contributed by atoms with van der Waals surface area (Å²) in [7, 11) is 0. The fourth-order valence-corrected chi connectivity index (χ4v) is 1.69. The summed E-state index contributed by atoms with van der Waals surface area (Å²) in [5.74, 6) is -0.484. The van der Waals surface area contributed by atoms with E-state index in [2.05, 4.69) is 21.2 Å². The molecule has 0 radical (unpaired) electrons. The molecule has 94 valence electrons. The Balaban J connectivity index is 2.89. The van der Waals surface area contributed by atoms with Crippen LogP contribution in [0.4, 0.5) is 13.2 Å². The van der Waals surface area contributed by atoms with Gasteiger partial charge in [-0.3, -0.25) is 4.79 Å². The van der Waals surface area contributed by atoms with Gasteiger partial charge in [-0.1, -0.05) is 28.1 Å². The van der Waals surface area contributed by atoms with Gasteiger partial charge in [0.05, 0.1) is 12.5 Å². The molecular formula is C11H11BrF3NO. The highest BCUT2D eigenvalue weighted by atomic mass is 79.9. The van der Waals surface area contributed by atoms with Crippen LogP contribution in [0.5, 0.6) is 0 Å². The summed E-state index contributed by atoms with van der Waals surface area (Å²) in [6, 6.07) is 5.34. The van der Waals surface area contributed by atoms with E-state index in [9.17, 15) is 18.0 Å². The number of carbonyl (C=O) groups excluding carboxylic acids is 1. The van der Waals surface area contributed by atoms with E-state index in [1.54, 1.807) is 24.3 Å². The van der Waals surface area contributed by atoms with Crippen molar-refractivity contribution < 1.29 is 18.0 Å². The van der Waals surface area contributed by atoms with Crippen molar-refractivity contribution in [2.75, 3.05) is 0 Å². The van der Waals surface area contributed by atoms with Gasteiger partial charge in [0.15, 0.2) is 0 Å². The smallest absolute Gasteiger partial charge is 0.349 e. The molecule has 1 unspecified atom stereocenters. The van der Waals surface area contributed by atoms with Gasteiger partial charge < -0.3 is 5.32 Å². The predicted octanol–water partition coefficient (Wildman–Crippen LogP) is 3.58. The molecule has 1 amide bonds. The predicted molar refractivity (Wildman–Crippen MR) is 61.4 cm³/mol. The van der Waals surface area contributed by atoms with E-state index in [-0.39, 0.29) is 0 Å². The second-order valence-electron chi connectivity index (χ2n) is 3.62. The standard InChI is InChI=1S/C11H11BrF3NO/c1-7(17)16-10(6-11(13,14)15)8-2-4-9(12)5-3-8/h2-5,10H,6H2,1H3,(H,16,17). The van der Waals surface area contributed by atoms with Crippen molar-refractivity contribution >= 4 is 21.8 Å². The average Bonchev–Trinajstić information content (AvgIpc) is 2.14. The summed E-state index contributed by atoms with van der Waals surface area (Å²) in [6.07, 6.45) is -5.39. The molecule has 0 aliphatic carbocycles. The lowest BCUT2D eigenvalue weighted by Gasteiger charge is -2.20. The molecule has 1 N–H and O–H groups in total. The third kappa shape index (κ3) is 5.21. The molecule has 1 rings (SSSR count). The van der Waals surface area contributed by atoms with E-state index in [1.165, 1.54) is 6.92 Å². The van der Waals surface area contributed by atoms with E-state index >= 15 is 0 Å². The van der Waals surface area contributed by atoms with E-state index in [1.807, 2.05) is 0 Å². The van der Waals surface area contributed by atoms with Crippen molar-refractivity contribution in [1.29, 1.82) is 0 Å². The van der Waals surface area contributed by atoms with Gasteiger partial charge in [0.25, 0.3) is 0 Å². The van der Waals surface area contributed by atoms with Crippen LogP contribution in [0.3, 0.4) is 0 Å². The summed E-state index contributed by atoms with van der Waals surface area (Å²) in [5.41, 5.74) is 0.431. The SMILES string of the molecule is CC(=O)NC(CC(F)(F)F)c1ccc(Br)cc1. The molecule has 2 nitrogen and oxygen atoms in total. The Morgan fingerprint density at radius 1 is 1.35 bits per heavy atom. The van der Waals surface area contributed by atoms with Gasteiger partial charge in [-0.25, -0.2) is 0 Å². The second-order valence-corrected chi connectivity index (χ2v) is 4.54. The zero-order valence-corrected chi connectivity index (χ0v) is 10.6. The molecule has 0 aliphatic rings. The second kappa shape index (κ2) is 5.53. The zero-order chi connectivity index (χ0) is 13.1. The molecule has 6 heteroatoms. The lowest BCUT2D eigenvalue weighted by molar-refractivity contribution is -0.142. The highest BCUT2D eigenvalue weighted by molar-refractivity contribution is 9.10. The molecule has 1 aromatic rings. The fraction of sp³-hybridized carbons (Fsp3) is 0.364. The van der Waals surface area contributed by atoms with Gasteiger partial charge in [0.1, 0.15) is 0 Å². The van der Waals surface area contributed by atoms with Crippen molar-refractivity contribution in [3.8, 4) is 0 Å². The summed E-state index contributed by atoms with van der Waals surface area (Å²) in [4.78, 5) is 10.9. The van der Waals surface area contributed by atoms with Gasteiger partial charge in [0.2, 0.25) is 5.91 Å². The van der Waals surface area contributed by atoms with Crippen molar-refractivity contribution in [3.63, 3.8) is 0 Å². The molecule has 17 heavy (non-hydrogen) atoms. The largest absolute Gasteiger partial charge is 0.391 e. The molecule has 0 heterocycles. The molecule has 0 fully saturated rings. The van der Waals surface area contributed by atoms with Crippen molar-refractivity contribution in [3.05, 3.63) is 34.3 Å². The number of alkyl halides is 3. The van der Waals surface area contributed by atoms with Crippen LogP contribution < -0.4 is 5.32 Å². The minimum absolute atomic E-state index is 0.431. The molecule has 0 aliphatic heterocycles. The molecule has 0 saturated carbocycles. The Morgan fingerprint density at radius 3 is 2.29 bits per heavy atom. The number of hydrogen-bond donors (Lipinski definition) is 1. The Hall–Kier alpha value is -1.04. The maximum absolute atomic E-state index is 12.4. The lowest BCUT2D eigenvalue weighted by Crippen LogP contribution is -2.30. The van der Waals surface area contributed by atoms with Crippen LogP contribution in [0.2, 0.25) is 0 Å². The van der Waals surface area contributed by atoms with E-state index in [4.69, 9.17) is 0 Å². The maximum Gasteiger partial charge on any atom is 0.391 e. The molecule has 1 atom stereocenters. The first-order valence-electron chi connectivity index (χ1n) is 4.87. The van der Waals surface area contributed by atoms with Crippen molar-refractivity contribution in [2.24, 2.45) is 0 Å². The molecule has 0 saturated heterocycles. The van der Waals surface area contributed by atoms with Crippen molar-refractivity contribution in [1.82, 2.24) is 5.32 Å². The fourth-order valence-electron chi connectivity index (χ4n) is 1.42. The number of rotatable bonds is 3. The Bertz CT molecular complexity index is 389. The highest BCUT2D eigenvalue weighted by Gasteiger charge is 2.33. The molecule has 1 aromatic carbocycles. The van der Waals surface area contributed by atoms with Crippen LogP contribution >= 0.6 is 15.9 Å². The lowest BCUT2D eigenvalue weighted by atomic mass is 10.0. The molecule has 0 aromatic heterocycles.